The van der Waals surface area contributed by atoms with Crippen molar-refractivity contribution in [2.24, 2.45) is 11.8 Å². The minimum atomic E-state index is -0.476. The van der Waals surface area contributed by atoms with Crippen molar-refractivity contribution in [2.75, 3.05) is 13.2 Å². The van der Waals surface area contributed by atoms with E-state index in [1.165, 1.54) is 11.6 Å². The fourth-order valence-electron chi connectivity index (χ4n) is 4.46. The van der Waals surface area contributed by atoms with E-state index in [-0.39, 0.29) is 35.9 Å². The number of allylic oxidation sites excluding steroid dienone is 1. The normalized spacial score (nSPS) is 16.2. The second-order valence-electron chi connectivity index (χ2n) is 9.03. The Bertz CT molecular complexity index is 1010. The number of amides is 1. The Labute approximate surface area is 206 Å². The van der Waals surface area contributed by atoms with Gasteiger partial charge in [0.25, 0.3) is 0 Å². The molecule has 34 heavy (non-hydrogen) atoms. The van der Waals surface area contributed by atoms with Crippen molar-refractivity contribution < 1.29 is 19.1 Å². The van der Waals surface area contributed by atoms with Gasteiger partial charge in [-0.1, -0.05) is 26.5 Å². The summed E-state index contributed by atoms with van der Waals surface area (Å²) in [6.07, 6.45) is 5.95. The average Bonchev–Trinajstić information content (AvgIpc) is 3.27. The van der Waals surface area contributed by atoms with Gasteiger partial charge in [0.1, 0.15) is 5.78 Å². The number of ether oxygens (including phenoxy) is 1. The zero-order valence-corrected chi connectivity index (χ0v) is 21.1. The Kier molecular flexibility index (Phi) is 9.96. The van der Waals surface area contributed by atoms with Gasteiger partial charge in [-0.25, -0.2) is 4.98 Å². The van der Waals surface area contributed by atoms with Crippen LogP contribution in [-0.2, 0) is 32.0 Å². The molecule has 2 heterocycles. The lowest BCUT2D eigenvalue weighted by Gasteiger charge is -2.32. The van der Waals surface area contributed by atoms with E-state index in [2.05, 4.69) is 31.0 Å². The molecule has 2 atom stereocenters. The number of benzene rings is 1. The highest BCUT2D eigenvalue weighted by atomic mass is 32.1. The molecular formula is C27H36N2O4S. The average molecular weight is 485 g/mol. The van der Waals surface area contributed by atoms with Gasteiger partial charge in [-0.15, -0.1) is 11.3 Å². The van der Waals surface area contributed by atoms with Crippen LogP contribution >= 0.6 is 11.3 Å². The summed E-state index contributed by atoms with van der Waals surface area (Å²) in [4.78, 5) is 42.4. The zero-order valence-electron chi connectivity index (χ0n) is 20.3. The smallest absolute Gasteiger partial charge is 0.224 e. The summed E-state index contributed by atoms with van der Waals surface area (Å²) in [5.41, 5.74) is 2.19. The Hall–Kier alpha value is -2.38. The van der Waals surface area contributed by atoms with E-state index in [0.717, 1.165) is 34.5 Å². The van der Waals surface area contributed by atoms with Crippen molar-refractivity contribution >= 4 is 39.0 Å². The van der Waals surface area contributed by atoms with E-state index in [1.807, 2.05) is 13.0 Å². The number of carbonyl (C=O) groups is 3. The summed E-state index contributed by atoms with van der Waals surface area (Å²) in [6.45, 7) is 8.83. The maximum absolute atomic E-state index is 13.5. The fourth-order valence-corrected chi connectivity index (χ4v) is 5.57. The molecule has 6 nitrogen and oxygen atoms in total. The Morgan fingerprint density at radius 1 is 1.26 bits per heavy atom. The zero-order chi connectivity index (χ0) is 24.5. The SMILES string of the molecule is C=CC(=O)CC[C@@H](NC(=O)[C@@H](CC(=O)CC)Cc1nc2ccc(CC)cc2s1)C1CCOCC1. The van der Waals surface area contributed by atoms with Gasteiger partial charge in [0, 0.05) is 44.9 Å². The van der Waals surface area contributed by atoms with Crippen LogP contribution in [0, 0.1) is 11.8 Å². The third kappa shape index (κ3) is 7.31. The van der Waals surface area contributed by atoms with Crippen molar-refractivity contribution in [2.45, 2.75) is 71.3 Å². The molecule has 1 aromatic heterocycles. The molecule has 0 bridgehead atoms. The van der Waals surface area contributed by atoms with Crippen LogP contribution < -0.4 is 5.32 Å². The molecule has 0 unspecified atom stereocenters. The Balaban J connectivity index is 1.77. The first kappa shape index (κ1) is 26.2. The van der Waals surface area contributed by atoms with Crippen molar-refractivity contribution in [3.63, 3.8) is 0 Å². The number of carbonyl (C=O) groups excluding carboxylic acids is 3. The van der Waals surface area contributed by atoms with Crippen LogP contribution in [0.15, 0.2) is 30.9 Å². The highest BCUT2D eigenvalue weighted by molar-refractivity contribution is 7.18. The minimum Gasteiger partial charge on any atom is -0.381 e. The number of rotatable bonds is 13. The molecule has 184 valence electrons. The third-order valence-corrected chi connectivity index (χ3v) is 7.70. The molecule has 0 spiro atoms. The predicted molar refractivity (Wildman–Crippen MR) is 136 cm³/mol. The van der Waals surface area contributed by atoms with Crippen molar-refractivity contribution in [1.82, 2.24) is 10.3 Å². The molecule has 2 aromatic rings. The molecule has 1 saturated heterocycles. The number of ketones is 2. The maximum Gasteiger partial charge on any atom is 0.224 e. The summed E-state index contributed by atoms with van der Waals surface area (Å²) >= 11 is 1.60. The van der Waals surface area contributed by atoms with Crippen molar-refractivity contribution in [3.8, 4) is 0 Å². The van der Waals surface area contributed by atoms with Gasteiger partial charge in [-0.2, -0.15) is 0 Å². The lowest BCUT2D eigenvalue weighted by molar-refractivity contribution is -0.130. The highest BCUT2D eigenvalue weighted by Crippen LogP contribution is 2.27. The van der Waals surface area contributed by atoms with Crippen molar-refractivity contribution in [1.29, 1.82) is 0 Å². The topological polar surface area (TPSA) is 85.4 Å². The standard InChI is InChI=1S/C27H36N2O4S/c1-4-18-7-9-24-25(15-18)34-26(28-24)17-20(16-22(31)6-3)27(32)29-23(10-8-21(30)5-2)19-11-13-33-14-12-19/h5,7,9,15,19-20,23H,2,4,6,8,10-14,16-17H2,1,3H3,(H,29,32)/t20-,23+/m0/s1. The molecule has 1 aliphatic rings. The van der Waals surface area contributed by atoms with Gasteiger partial charge in [0.2, 0.25) is 5.91 Å². The number of aryl methyl sites for hydroxylation is 1. The minimum absolute atomic E-state index is 0.0232. The van der Waals surface area contributed by atoms with Crippen LogP contribution in [0.3, 0.4) is 0 Å². The molecular weight excluding hydrogens is 448 g/mol. The van der Waals surface area contributed by atoms with Crippen LogP contribution in [0.1, 0.15) is 62.9 Å². The molecule has 0 aliphatic carbocycles. The van der Waals surface area contributed by atoms with Crippen molar-refractivity contribution in [3.05, 3.63) is 41.4 Å². The van der Waals surface area contributed by atoms with Gasteiger partial charge in [0.05, 0.1) is 21.1 Å². The predicted octanol–water partition coefficient (Wildman–Crippen LogP) is 4.83. The summed E-state index contributed by atoms with van der Waals surface area (Å²) in [5.74, 6) is -0.300. The highest BCUT2D eigenvalue weighted by Gasteiger charge is 2.30. The molecule has 0 saturated carbocycles. The Morgan fingerprint density at radius 3 is 2.71 bits per heavy atom. The number of fused-ring (bicyclic) bond motifs is 1. The van der Waals surface area contributed by atoms with E-state index in [1.54, 1.807) is 11.3 Å². The van der Waals surface area contributed by atoms with Crippen LogP contribution in [0.2, 0.25) is 0 Å². The van der Waals surface area contributed by atoms with Gasteiger partial charge >= 0.3 is 0 Å². The molecule has 1 aliphatic heterocycles. The van der Waals surface area contributed by atoms with E-state index in [9.17, 15) is 14.4 Å². The molecule has 1 N–H and O–H groups in total. The summed E-state index contributed by atoms with van der Waals surface area (Å²) < 4.78 is 6.60. The number of Topliss-reactive ketones (excluding diaryl/α,β-unsaturated/α-hetero) is 1. The van der Waals surface area contributed by atoms with Crippen LogP contribution in [-0.4, -0.2) is 41.7 Å². The van der Waals surface area contributed by atoms with E-state index < -0.39 is 5.92 Å². The number of hydrogen-bond donors (Lipinski definition) is 1. The number of nitrogens with one attached hydrogen (secondary N) is 1. The Morgan fingerprint density at radius 2 is 2.03 bits per heavy atom. The first-order valence-electron chi connectivity index (χ1n) is 12.4. The summed E-state index contributed by atoms with van der Waals surface area (Å²) in [5, 5.41) is 4.08. The first-order valence-corrected chi connectivity index (χ1v) is 13.2. The summed E-state index contributed by atoms with van der Waals surface area (Å²) in [7, 11) is 0. The first-order chi connectivity index (χ1) is 16.4. The molecule has 1 amide bonds. The van der Waals surface area contributed by atoms with E-state index >= 15 is 0 Å². The molecule has 0 radical (unpaired) electrons. The molecule has 1 fully saturated rings. The van der Waals surface area contributed by atoms with Gasteiger partial charge in [-0.3, -0.25) is 14.4 Å². The molecule has 7 heteroatoms. The number of thiazole rings is 1. The largest absolute Gasteiger partial charge is 0.381 e. The van der Waals surface area contributed by atoms with Gasteiger partial charge in [0.15, 0.2) is 5.78 Å². The molecule has 3 rings (SSSR count). The maximum atomic E-state index is 13.5. The number of nitrogens with zero attached hydrogens (tertiary/aromatic N) is 1. The van der Waals surface area contributed by atoms with E-state index in [0.29, 0.717) is 38.9 Å². The quantitative estimate of drug-likeness (QED) is 0.412. The lowest BCUT2D eigenvalue weighted by Crippen LogP contribution is -2.45. The van der Waals surface area contributed by atoms with Gasteiger partial charge in [-0.05, 0) is 55.4 Å². The van der Waals surface area contributed by atoms with Crippen LogP contribution in [0.25, 0.3) is 10.2 Å². The monoisotopic (exact) mass is 484 g/mol. The number of hydrogen-bond acceptors (Lipinski definition) is 6. The molecule has 1 aromatic carbocycles. The fraction of sp³-hybridized carbons (Fsp3) is 0.556. The second kappa shape index (κ2) is 12.9. The van der Waals surface area contributed by atoms with Crippen LogP contribution in [0.4, 0.5) is 0 Å². The lowest BCUT2D eigenvalue weighted by atomic mass is 9.87. The summed E-state index contributed by atoms with van der Waals surface area (Å²) in [6, 6.07) is 6.14. The second-order valence-corrected chi connectivity index (χ2v) is 10.1. The number of aromatic nitrogens is 1. The third-order valence-electron chi connectivity index (χ3n) is 6.66. The van der Waals surface area contributed by atoms with Crippen LogP contribution in [0.5, 0.6) is 0 Å². The van der Waals surface area contributed by atoms with Gasteiger partial charge < -0.3 is 10.1 Å². The van der Waals surface area contributed by atoms with E-state index in [4.69, 9.17) is 9.72 Å².